The van der Waals surface area contributed by atoms with Crippen LogP contribution in [-0.4, -0.2) is 16.1 Å². The third-order valence-electron chi connectivity index (χ3n) is 4.73. The lowest BCUT2D eigenvalue weighted by atomic mass is 10.2. The molecule has 0 unspecified atom stereocenters. The maximum Gasteiger partial charge on any atom is 0.252 e. The third kappa shape index (κ3) is 3.04. The highest BCUT2D eigenvalue weighted by molar-refractivity contribution is 6.30. The van der Waals surface area contributed by atoms with E-state index >= 15 is 0 Å². The van der Waals surface area contributed by atoms with Crippen LogP contribution in [0.5, 0.6) is 0 Å². The summed E-state index contributed by atoms with van der Waals surface area (Å²) >= 11 is 6.20. The first-order valence-corrected chi connectivity index (χ1v) is 8.88. The van der Waals surface area contributed by atoms with Crippen molar-refractivity contribution in [1.82, 2.24) is 9.55 Å². The van der Waals surface area contributed by atoms with Crippen LogP contribution in [0, 0.1) is 17.2 Å². The Balaban J connectivity index is 1.98. The molecule has 26 heavy (non-hydrogen) atoms. The maximum atomic E-state index is 12.5. The molecule has 0 radical (unpaired) electrons. The SMILES string of the molecule is Cn1c(=O)cc(N(CC2CC2)c2cccc(Cl)c2)c2nc(C#N)ccc21. The monoisotopic (exact) mass is 364 g/mol. The van der Waals surface area contributed by atoms with Crippen molar-refractivity contribution in [2.24, 2.45) is 13.0 Å². The van der Waals surface area contributed by atoms with Gasteiger partial charge in [0, 0.05) is 30.4 Å². The molecule has 1 aliphatic rings. The zero-order valence-corrected chi connectivity index (χ0v) is 15.1. The summed E-state index contributed by atoms with van der Waals surface area (Å²) in [5.74, 6) is 0.590. The number of hydrogen-bond acceptors (Lipinski definition) is 4. The summed E-state index contributed by atoms with van der Waals surface area (Å²) in [5, 5.41) is 9.89. The molecule has 1 aliphatic carbocycles. The Morgan fingerprint density at radius 2 is 2.12 bits per heavy atom. The minimum Gasteiger partial charge on any atom is -0.339 e. The van der Waals surface area contributed by atoms with Crippen LogP contribution >= 0.6 is 11.6 Å². The summed E-state index contributed by atoms with van der Waals surface area (Å²) in [6.07, 6.45) is 2.35. The third-order valence-corrected chi connectivity index (χ3v) is 4.97. The van der Waals surface area contributed by atoms with E-state index in [1.807, 2.05) is 24.3 Å². The Morgan fingerprint density at radius 1 is 1.31 bits per heavy atom. The molecule has 0 aliphatic heterocycles. The molecule has 0 atom stereocenters. The van der Waals surface area contributed by atoms with Crippen molar-refractivity contribution >= 4 is 34.0 Å². The van der Waals surface area contributed by atoms with Gasteiger partial charge >= 0.3 is 0 Å². The summed E-state index contributed by atoms with van der Waals surface area (Å²) in [6, 6.07) is 14.7. The minimum atomic E-state index is -0.109. The molecule has 1 fully saturated rings. The summed E-state index contributed by atoms with van der Waals surface area (Å²) < 4.78 is 1.56. The molecule has 2 heterocycles. The largest absolute Gasteiger partial charge is 0.339 e. The summed E-state index contributed by atoms with van der Waals surface area (Å²) in [4.78, 5) is 19.1. The normalized spacial score (nSPS) is 13.6. The number of aryl methyl sites for hydroxylation is 1. The van der Waals surface area contributed by atoms with E-state index in [0.29, 0.717) is 27.7 Å². The van der Waals surface area contributed by atoms with Crippen LogP contribution in [0.25, 0.3) is 11.0 Å². The van der Waals surface area contributed by atoms with Crippen LogP contribution < -0.4 is 10.5 Å². The van der Waals surface area contributed by atoms with Gasteiger partial charge in [-0.15, -0.1) is 0 Å². The van der Waals surface area contributed by atoms with Crippen molar-refractivity contribution in [3.63, 3.8) is 0 Å². The standard InChI is InChI=1S/C20H17ClN4O/c1-24-17-8-7-15(11-22)23-20(17)18(10-19(24)26)25(12-13-5-6-13)16-4-2-3-14(21)9-16/h2-4,7-10,13H,5-6,12H2,1H3. The summed E-state index contributed by atoms with van der Waals surface area (Å²) in [7, 11) is 1.72. The van der Waals surface area contributed by atoms with Gasteiger partial charge in [-0.05, 0) is 49.1 Å². The fraction of sp³-hybridized carbons (Fsp3) is 0.250. The zero-order valence-electron chi connectivity index (χ0n) is 14.3. The molecule has 3 aromatic rings. The van der Waals surface area contributed by atoms with E-state index in [1.165, 1.54) is 12.8 Å². The maximum absolute atomic E-state index is 12.5. The van der Waals surface area contributed by atoms with E-state index in [-0.39, 0.29) is 5.56 Å². The number of rotatable bonds is 4. The van der Waals surface area contributed by atoms with E-state index < -0.39 is 0 Å². The van der Waals surface area contributed by atoms with Gasteiger partial charge in [0.15, 0.2) is 0 Å². The van der Waals surface area contributed by atoms with E-state index in [2.05, 4.69) is 16.0 Å². The van der Waals surface area contributed by atoms with Gasteiger partial charge in [-0.25, -0.2) is 4.98 Å². The Kier molecular flexibility index (Phi) is 4.14. The van der Waals surface area contributed by atoms with Crippen LogP contribution in [0.2, 0.25) is 5.02 Å². The lowest BCUT2D eigenvalue weighted by Crippen LogP contribution is -2.25. The van der Waals surface area contributed by atoms with E-state index in [9.17, 15) is 10.1 Å². The van der Waals surface area contributed by atoms with Gasteiger partial charge in [-0.1, -0.05) is 17.7 Å². The second-order valence-electron chi connectivity index (χ2n) is 6.64. The van der Waals surface area contributed by atoms with Crippen molar-refractivity contribution in [3.8, 4) is 6.07 Å². The van der Waals surface area contributed by atoms with Crippen molar-refractivity contribution in [2.45, 2.75) is 12.8 Å². The fourth-order valence-corrected chi connectivity index (χ4v) is 3.31. The number of nitriles is 1. The first-order chi connectivity index (χ1) is 12.6. The van der Waals surface area contributed by atoms with Gasteiger partial charge in [0.1, 0.15) is 17.3 Å². The molecular weight excluding hydrogens is 348 g/mol. The predicted octanol–water partition coefficient (Wildman–Crippen LogP) is 4.01. The predicted molar refractivity (Wildman–Crippen MR) is 103 cm³/mol. The van der Waals surface area contributed by atoms with Gasteiger partial charge in [-0.3, -0.25) is 4.79 Å². The lowest BCUT2D eigenvalue weighted by molar-refractivity contribution is 0.811. The molecule has 130 valence electrons. The van der Waals surface area contributed by atoms with E-state index in [1.54, 1.807) is 29.8 Å². The Morgan fingerprint density at radius 3 is 2.81 bits per heavy atom. The molecule has 2 aromatic heterocycles. The highest BCUT2D eigenvalue weighted by atomic mass is 35.5. The van der Waals surface area contributed by atoms with Gasteiger partial charge in [0.25, 0.3) is 5.56 Å². The first-order valence-electron chi connectivity index (χ1n) is 8.51. The van der Waals surface area contributed by atoms with Crippen LogP contribution in [0.1, 0.15) is 18.5 Å². The molecule has 1 saturated carbocycles. The quantitative estimate of drug-likeness (QED) is 0.701. The molecule has 6 heteroatoms. The van der Waals surface area contributed by atoms with Gasteiger partial charge < -0.3 is 9.47 Å². The number of anilines is 2. The number of hydrogen-bond donors (Lipinski definition) is 0. The molecule has 0 amide bonds. The molecule has 0 bridgehead atoms. The topological polar surface area (TPSA) is 61.9 Å². The Labute approximate surface area is 156 Å². The molecule has 0 saturated heterocycles. The first kappa shape index (κ1) is 16.6. The van der Waals surface area contributed by atoms with E-state index in [4.69, 9.17) is 11.6 Å². The number of benzene rings is 1. The molecule has 0 N–H and O–H groups in total. The second-order valence-corrected chi connectivity index (χ2v) is 7.07. The second kappa shape index (κ2) is 6.47. The van der Waals surface area contributed by atoms with Gasteiger partial charge in [0.05, 0.1) is 11.2 Å². The zero-order chi connectivity index (χ0) is 18.3. The Bertz CT molecular complexity index is 1100. The van der Waals surface area contributed by atoms with Crippen molar-refractivity contribution < 1.29 is 0 Å². The summed E-state index contributed by atoms with van der Waals surface area (Å²) in [6.45, 7) is 0.793. The average Bonchev–Trinajstić information content (AvgIpc) is 3.46. The van der Waals surface area contributed by atoms with Crippen molar-refractivity contribution in [1.29, 1.82) is 5.26 Å². The number of aromatic nitrogens is 2. The van der Waals surface area contributed by atoms with Gasteiger partial charge in [0.2, 0.25) is 0 Å². The van der Waals surface area contributed by atoms with Crippen molar-refractivity contribution in [2.75, 3.05) is 11.4 Å². The number of halogens is 1. The molecule has 5 nitrogen and oxygen atoms in total. The van der Waals surface area contributed by atoms with Crippen LogP contribution in [0.4, 0.5) is 11.4 Å². The highest BCUT2D eigenvalue weighted by Crippen LogP contribution is 2.37. The minimum absolute atomic E-state index is 0.109. The molecule has 1 aromatic carbocycles. The molecule has 4 rings (SSSR count). The Hall–Kier alpha value is -2.84. The molecular formula is C20H17ClN4O. The summed E-state index contributed by atoms with van der Waals surface area (Å²) in [5.41, 5.74) is 3.20. The van der Waals surface area contributed by atoms with Crippen LogP contribution in [0.3, 0.4) is 0 Å². The van der Waals surface area contributed by atoms with Crippen LogP contribution in [0.15, 0.2) is 47.3 Å². The van der Waals surface area contributed by atoms with E-state index in [0.717, 1.165) is 17.9 Å². The number of fused-ring (bicyclic) bond motifs is 1. The lowest BCUT2D eigenvalue weighted by Gasteiger charge is -2.26. The fourth-order valence-electron chi connectivity index (χ4n) is 3.13. The highest BCUT2D eigenvalue weighted by Gasteiger charge is 2.27. The number of nitrogens with zero attached hydrogens (tertiary/aromatic N) is 4. The van der Waals surface area contributed by atoms with Crippen molar-refractivity contribution in [3.05, 3.63) is 63.5 Å². The molecule has 0 spiro atoms. The number of pyridine rings is 2. The van der Waals surface area contributed by atoms with Gasteiger partial charge in [-0.2, -0.15) is 5.26 Å². The smallest absolute Gasteiger partial charge is 0.252 e. The average molecular weight is 365 g/mol. The van der Waals surface area contributed by atoms with Crippen LogP contribution in [-0.2, 0) is 7.05 Å².